The van der Waals surface area contributed by atoms with E-state index in [0.717, 1.165) is 29.7 Å². The molecule has 1 aromatic rings. The number of benzene rings is 1. The number of aryl methyl sites for hydroxylation is 1. The summed E-state index contributed by atoms with van der Waals surface area (Å²) < 4.78 is 5.00. The van der Waals surface area contributed by atoms with E-state index in [2.05, 4.69) is 11.4 Å². The number of carbonyl (C=O) groups is 2. The third-order valence-electron chi connectivity index (χ3n) is 4.80. The van der Waals surface area contributed by atoms with Crippen LogP contribution in [0.25, 0.3) is 0 Å². The first-order valence-corrected chi connectivity index (χ1v) is 10.1. The molecule has 1 aliphatic heterocycles. The quantitative estimate of drug-likeness (QED) is 0.782. The van der Waals surface area contributed by atoms with Crippen molar-refractivity contribution in [3.05, 3.63) is 57.3 Å². The zero-order chi connectivity index (χ0) is 19.4. The fraction of sp³-hybridized carbons (Fsp3) is 0.381. The number of rotatable bonds is 5. The van der Waals surface area contributed by atoms with Gasteiger partial charge in [-0.25, -0.2) is 0 Å². The van der Waals surface area contributed by atoms with Gasteiger partial charge in [0, 0.05) is 17.7 Å². The van der Waals surface area contributed by atoms with Crippen LogP contribution >= 0.6 is 11.8 Å². The van der Waals surface area contributed by atoms with E-state index in [-0.39, 0.29) is 23.4 Å². The maximum atomic E-state index is 12.7. The molecule has 1 aromatic carbocycles. The Balaban J connectivity index is 2.05. The van der Waals surface area contributed by atoms with Crippen LogP contribution in [0.15, 0.2) is 46.1 Å². The highest BCUT2D eigenvalue weighted by atomic mass is 32.2. The van der Waals surface area contributed by atoms with Gasteiger partial charge in [-0.15, -0.1) is 0 Å². The van der Waals surface area contributed by atoms with Crippen molar-refractivity contribution in [2.75, 3.05) is 12.4 Å². The molecule has 0 radical (unpaired) electrons. The number of esters is 1. The average Bonchev–Trinajstić information content (AvgIpc) is 2.66. The van der Waals surface area contributed by atoms with E-state index in [1.807, 2.05) is 31.2 Å². The van der Waals surface area contributed by atoms with Gasteiger partial charge in [-0.2, -0.15) is 5.26 Å². The van der Waals surface area contributed by atoms with Crippen LogP contribution in [-0.4, -0.2) is 24.1 Å². The molecule has 140 valence electrons. The zero-order valence-electron chi connectivity index (χ0n) is 15.5. The van der Waals surface area contributed by atoms with Crippen molar-refractivity contribution >= 4 is 23.5 Å². The minimum Gasteiger partial charge on any atom is -0.465 e. The number of allylic oxidation sites excluding steroid dienone is 3. The van der Waals surface area contributed by atoms with Crippen LogP contribution in [0.3, 0.4) is 0 Å². The standard InChI is InChI=1S/C21H22N2O3S/c1-3-26-18(25)12-27-21-15(11-22)19(14-8-5-4-7-13(14)2)20-16(23-21)9-6-10-17(20)24/h4-5,7-8,19,23H,3,6,9-10,12H2,1-2H3/t19-/m0/s1. The number of Topliss-reactive ketones (excluding diaryl/α,β-unsaturated/α-hetero) is 1. The molecule has 0 fully saturated rings. The summed E-state index contributed by atoms with van der Waals surface area (Å²) in [6, 6.07) is 10.1. The molecule has 0 saturated heterocycles. The molecular formula is C21H22N2O3S. The molecule has 0 unspecified atom stereocenters. The summed E-state index contributed by atoms with van der Waals surface area (Å²) in [7, 11) is 0. The van der Waals surface area contributed by atoms with Crippen LogP contribution in [0.5, 0.6) is 0 Å². The number of ether oxygens (including phenoxy) is 1. The minimum absolute atomic E-state index is 0.0965. The van der Waals surface area contributed by atoms with Crippen molar-refractivity contribution in [1.29, 1.82) is 5.26 Å². The molecule has 0 saturated carbocycles. The number of hydrogen-bond donors (Lipinski definition) is 1. The summed E-state index contributed by atoms with van der Waals surface area (Å²) in [6.07, 6.45) is 2.07. The van der Waals surface area contributed by atoms with Crippen LogP contribution in [0.1, 0.15) is 43.2 Å². The van der Waals surface area contributed by atoms with Gasteiger partial charge in [-0.1, -0.05) is 36.0 Å². The van der Waals surface area contributed by atoms with Gasteiger partial charge >= 0.3 is 5.97 Å². The molecule has 0 spiro atoms. The topological polar surface area (TPSA) is 79.2 Å². The SMILES string of the molecule is CCOC(=O)CSC1=C(C#N)[C@H](c2ccccc2C)C2=C(CCCC2=O)N1. The van der Waals surface area contributed by atoms with Crippen molar-refractivity contribution in [2.24, 2.45) is 0 Å². The Labute approximate surface area is 163 Å². The second-order valence-electron chi connectivity index (χ2n) is 6.53. The summed E-state index contributed by atoms with van der Waals surface area (Å²) in [5, 5.41) is 13.8. The van der Waals surface area contributed by atoms with Gasteiger partial charge in [0.1, 0.15) is 0 Å². The molecule has 2 aliphatic rings. The Morgan fingerprint density at radius 3 is 2.85 bits per heavy atom. The Morgan fingerprint density at radius 2 is 2.15 bits per heavy atom. The van der Waals surface area contributed by atoms with Crippen molar-refractivity contribution in [1.82, 2.24) is 5.32 Å². The van der Waals surface area contributed by atoms with Crippen molar-refractivity contribution < 1.29 is 14.3 Å². The number of nitrogens with zero attached hydrogens (tertiary/aromatic N) is 1. The van der Waals surface area contributed by atoms with Gasteiger partial charge in [0.25, 0.3) is 0 Å². The van der Waals surface area contributed by atoms with Crippen LogP contribution < -0.4 is 5.32 Å². The summed E-state index contributed by atoms with van der Waals surface area (Å²) >= 11 is 1.27. The van der Waals surface area contributed by atoms with Crippen LogP contribution in [0.2, 0.25) is 0 Å². The molecule has 6 heteroatoms. The smallest absolute Gasteiger partial charge is 0.316 e. The van der Waals surface area contributed by atoms with Crippen LogP contribution in [0.4, 0.5) is 0 Å². The van der Waals surface area contributed by atoms with Crippen LogP contribution in [-0.2, 0) is 14.3 Å². The molecule has 3 rings (SSSR count). The highest BCUT2D eigenvalue weighted by Crippen LogP contribution is 2.44. The lowest BCUT2D eigenvalue weighted by Gasteiger charge is -2.33. The van der Waals surface area contributed by atoms with E-state index in [1.54, 1.807) is 6.92 Å². The van der Waals surface area contributed by atoms with Gasteiger partial charge in [0.2, 0.25) is 0 Å². The lowest BCUT2D eigenvalue weighted by Crippen LogP contribution is -2.31. The highest BCUT2D eigenvalue weighted by molar-refractivity contribution is 8.03. The minimum atomic E-state index is -0.384. The Kier molecular flexibility index (Phi) is 6.02. The zero-order valence-corrected chi connectivity index (χ0v) is 16.3. The maximum Gasteiger partial charge on any atom is 0.316 e. The van der Waals surface area contributed by atoms with E-state index in [9.17, 15) is 14.9 Å². The molecule has 27 heavy (non-hydrogen) atoms. The molecule has 5 nitrogen and oxygen atoms in total. The fourth-order valence-electron chi connectivity index (χ4n) is 3.59. The summed E-state index contributed by atoms with van der Waals surface area (Å²) in [6.45, 7) is 4.08. The second kappa shape index (κ2) is 8.45. The number of dihydropyridines is 1. The van der Waals surface area contributed by atoms with Gasteiger partial charge in [-0.3, -0.25) is 9.59 Å². The Hall–Kier alpha value is -2.52. The molecular weight excluding hydrogens is 360 g/mol. The lowest BCUT2D eigenvalue weighted by atomic mass is 9.76. The average molecular weight is 382 g/mol. The molecule has 1 aliphatic carbocycles. The van der Waals surface area contributed by atoms with E-state index >= 15 is 0 Å². The van der Waals surface area contributed by atoms with E-state index < -0.39 is 0 Å². The van der Waals surface area contributed by atoms with Gasteiger partial charge in [0.15, 0.2) is 5.78 Å². The monoisotopic (exact) mass is 382 g/mol. The van der Waals surface area contributed by atoms with Crippen LogP contribution in [0, 0.1) is 18.3 Å². The predicted molar refractivity (Wildman–Crippen MR) is 105 cm³/mol. The summed E-state index contributed by atoms with van der Waals surface area (Å²) in [4.78, 5) is 24.5. The number of ketones is 1. The van der Waals surface area contributed by atoms with E-state index in [0.29, 0.717) is 29.2 Å². The lowest BCUT2D eigenvalue weighted by molar-refractivity contribution is -0.139. The van der Waals surface area contributed by atoms with Gasteiger partial charge < -0.3 is 10.1 Å². The van der Waals surface area contributed by atoms with Crippen molar-refractivity contribution in [2.45, 2.75) is 39.0 Å². The fourth-order valence-corrected chi connectivity index (χ4v) is 4.45. The molecule has 0 aromatic heterocycles. The third-order valence-corrected chi connectivity index (χ3v) is 5.79. The van der Waals surface area contributed by atoms with E-state index in [1.165, 1.54) is 11.8 Å². The molecule has 1 N–H and O–H groups in total. The number of carbonyl (C=O) groups excluding carboxylic acids is 2. The Morgan fingerprint density at radius 1 is 1.37 bits per heavy atom. The highest BCUT2D eigenvalue weighted by Gasteiger charge is 2.37. The Bertz CT molecular complexity index is 880. The molecule has 1 atom stereocenters. The number of nitriles is 1. The molecule has 0 amide bonds. The van der Waals surface area contributed by atoms with E-state index in [4.69, 9.17) is 4.74 Å². The van der Waals surface area contributed by atoms with Crippen molar-refractivity contribution in [3.8, 4) is 6.07 Å². The molecule has 1 heterocycles. The first kappa shape index (κ1) is 19.2. The maximum absolute atomic E-state index is 12.7. The molecule has 0 bridgehead atoms. The summed E-state index contributed by atoms with van der Waals surface area (Å²) in [5.41, 5.74) is 4.08. The largest absolute Gasteiger partial charge is 0.465 e. The van der Waals surface area contributed by atoms with Gasteiger partial charge in [0.05, 0.1) is 34.9 Å². The second-order valence-corrected chi connectivity index (χ2v) is 7.52. The first-order valence-electron chi connectivity index (χ1n) is 9.08. The third kappa shape index (κ3) is 3.93. The van der Waals surface area contributed by atoms with Crippen molar-refractivity contribution in [3.63, 3.8) is 0 Å². The number of nitrogens with one attached hydrogen (secondary N) is 1. The number of hydrogen-bond acceptors (Lipinski definition) is 6. The first-order chi connectivity index (χ1) is 13.1. The normalized spacial score (nSPS) is 19.3. The number of thioether (sulfide) groups is 1. The summed E-state index contributed by atoms with van der Waals surface area (Å²) in [5.74, 6) is -0.483. The predicted octanol–water partition coefficient (Wildman–Crippen LogP) is 3.72. The van der Waals surface area contributed by atoms with Gasteiger partial charge in [-0.05, 0) is 37.8 Å².